The van der Waals surface area contributed by atoms with Gasteiger partial charge in [-0.1, -0.05) is 41.7 Å². The van der Waals surface area contributed by atoms with Gasteiger partial charge in [0.15, 0.2) is 6.17 Å². The standard InChI is InChI=1S/C15H13N5S/c1-11(17-19-12-7-3-2-4-8-12)18-20-15-16-13-9-5-6-10-14(13)21-15/h2-11H,1H3. The fraction of sp³-hybridized carbons (Fsp3) is 0.133. The molecule has 1 aromatic heterocycles. The van der Waals surface area contributed by atoms with Crippen molar-refractivity contribution in [1.29, 1.82) is 0 Å². The lowest BCUT2D eigenvalue weighted by atomic mass is 10.3. The van der Waals surface area contributed by atoms with Gasteiger partial charge in [0, 0.05) is 0 Å². The van der Waals surface area contributed by atoms with E-state index in [0.717, 1.165) is 15.9 Å². The van der Waals surface area contributed by atoms with Crippen LogP contribution in [0.15, 0.2) is 75.1 Å². The summed E-state index contributed by atoms with van der Waals surface area (Å²) in [6.45, 7) is 1.84. The van der Waals surface area contributed by atoms with Gasteiger partial charge in [-0.05, 0) is 31.2 Å². The predicted molar refractivity (Wildman–Crippen MR) is 84.6 cm³/mol. The Balaban J connectivity index is 1.69. The third kappa shape index (κ3) is 3.55. The quantitative estimate of drug-likeness (QED) is 0.585. The third-order valence-electron chi connectivity index (χ3n) is 2.69. The smallest absolute Gasteiger partial charge is 0.217 e. The molecule has 0 aliphatic heterocycles. The van der Waals surface area contributed by atoms with Crippen molar-refractivity contribution < 1.29 is 0 Å². The molecule has 1 heterocycles. The maximum absolute atomic E-state index is 4.39. The summed E-state index contributed by atoms with van der Waals surface area (Å²) in [5, 5.41) is 17.1. The molecule has 0 aliphatic carbocycles. The lowest BCUT2D eigenvalue weighted by Gasteiger charge is -1.94. The Morgan fingerprint density at radius 3 is 2.43 bits per heavy atom. The van der Waals surface area contributed by atoms with Crippen molar-refractivity contribution in [2.75, 3.05) is 0 Å². The van der Waals surface area contributed by atoms with Crippen LogP contribution in [0, 0.1) is 0 Å². The first-order valence-electron chi connectivity index (χ1n) is 6.53. The van der Waals surface area contributed by atoms with Gasteiger partial charge in [0.05, 0.1) is 15.9 Å². The Morgan fingerprint density at radius 1 is 0.905 bits per heavy atom. The van der Waals surface area contributed by atoms with E-state index in [-0.39, 0.29) is 6.17 Å². The van der Waals surface area contributed by atoms with Gasteiger partial charge in [0.2, 0.25) is 5.13 Å². The van der Waals surface area contributed by atoms with E-state index in [2.05, 4.69) is 25.4 Å². The number of fused-ring (bicyclic) bond motifs is 1. The summed E-state index contributed by atoms with van der Waals surface area (Å²) in [6, 6.07) is 17.5. The molecular formula is C15H13N5S. The molecule has 2 aromatic carbocycles. The maximum atomic E-state index is 4.39. The minimum Gasteiger partial charge on any atom is -0.217 e. The average molecular weight is 295 g/mol. The number of hydrogen-bond donors (Lipinski definition) is 0. The Bertz CT molecular complexity index is 746. The molecular weight excluding hydrogens is 282 g/mol. The van der Waals surface area contributed by atoms with E-state index >= 15 is 0 Å². The molecule has 3 rings (SSSR count). The summed E-state index contributed by atoms with van der Waals surface area (Å²) in [7, 11) is 0. The second-order valence-corrected chi connectivity index (χ2v) is 5.37. The molecule has 0 spiro atoms. The second kappa shape index (κ2) is 6.32. The molecule has 5 nitrogen and oxygen atoms in total. The van der Waals surface area contributed by atoms with Gasteiger partial charge in [-0.25, -0.2) is 4.98 Å². The van der Waals surface area contributed by atoms with Crippen molar-refractivity contribution in [2.45, 2.75) is 13.1 Å². The van der Waals surface area contributed by atoms with Gasteiger partial charge in [-0.3, -0.25) is 0 Å². The number of thiazole rings is 1. The lowest BCUT2D eigenvalue weighted by Crippen LogP contribution is -1.88. The number of azo groups is 2. The summed E-state index contributed by atoms with van der Waals surface area (Å²) < 4.78 is 1.10. The van der Waals surface area contributed by atoms with Crippen LogP contribution in [-0.4, -0.2) is 11.1 Å². The van der Waals surface area contributed by atoms with Gasteiger partial charge >= 0.3 is 0 Å². The largest absolute Gasteiger partial charge is 0.230 e. The van der Waals surface area contributed by atoms with Gasteiger partial charge in [0.1, 0.15) is 0 Å². The molecule has 3 aromatic rings. The highest BCUT2D eigenvalue weighted by Crippen LogP contribution is 2.28. The van der Waals surface area contributed by atoms with Gasteiger partial charge in [-0.15, -0.1) is 5.11 Å². The second-order valence-electron chi connectivity index (χ2n) is 4.36. The topological polar surface area (TPSA) is 62.3 Å². The van der Waals surface area contributed by atoms with E-state index < -0.39 is 0 Å². The Hall–Kier alpha value is -2.47. The molecule has 0 bridgehead atoms. The van der Waals surface area contributed by atoms with Crippen LogP contribution in [0.4, 0.5) is 10.8 Å². The molecule has 0 radical (unpaired) electrons. The van der Waals surface area contributed by atoms with Gasteiger partial charge in [-0.2, -0.15) is 15.3 Å². The van der Waals surface area contributed by atoms with Crippen molar-refractivity contribution in [3.63, 3.8) is 0 Å². The number of para-hydroxylation sites is 1. The number of rotatable bonds is 4. The van der Waals surface area contributed by atoms with Crippen LogP contribution >= 0.6 is 11.3 Å². The van der Waals surface area contributed by atoms with Gasteiger partial charge < -0.3 is 0 Å². The SMILES string of the molecule is CC(N=Nc1ccccc1)N=Nc1nc2ccccc2s1. The highest BCUT2D eigenvalue weighted by atomic mass is 32.1. The van der Waals surface area contributed by atoms with Crippen molar-refractivity contribution in [3.05, 3.63) is 54.6 Å². The number of nitrogens with zero attached hydrogens (tertiary/aromatic N) is 5. The molecule has 0 N–H and O–H groups in total. The first-order valence-corrected chi connectivity index (χ1v) is 7.35. The maximum Gasteiger partial charge on any atom is 0.230 e. The fourth-order valence-corrected chi connectivity index (χ4v) is 2.50. The normalized spacial score (nSPS) is 13.4. The van der Waals surface area contributed by atoms with Crippen LogP contribution < -0.4 is 0 Å². The summed E-state index contributed by atoms with van der Waals surface area (Å²) in [6.07, 6.45) is -0.336. The van der Waals surface area contributed by atoms with E-state index in [4.69, 9.17) is 0 Å². The summed E-state index contributed by atoms with van der Waals surface area (Å²) in [5.74, 6) is 0. The van der Waals surface area contributed by atoms with Crippen molar-refractivity contribution in [2.24, 2.45) is 20.5 Å². The molecule has 0 amide bonds. The number of hydrogen-bond acceptors (Lipinski definition) is 6. The lowest BCUT2D eigenvalue weighted by molar-refractivity contribution is 0.704. The highest BCUT2D eigenvalue weighted by molar-refractivity contribution is 7.21. The monoisotopic (exact) mass is 295 g/mol. The first-order chi connectivity index (χ1) is 10.3. The fourth-order valence-electron chi connectivity index (χ4n) is 1.70. The zero-order valence-corrected chi connectivity index (χ0v) is 12.2. The summed E-state index contributed by atoms with van der Waals surface area (Å²) in [5.41, 5.74) is 1.74. The molecule has 0 saturated heterocycles. The Morgan fingerprint density at radius 2 is 1.62 bits per heavy atom. The molecule has 21 heavy (non-hydrogen) atoms. The van der Waals surface area contributed by atoms with Crippen LogP contribution in [0.25, 0.3) is 10.2 Å². The van der Waals surface area contributed by atoms with Crippen LogP contribution in [0.1, 0.15) is 6.92 Å². The predicted octanol–water partition coefficient (Wildman–Crippen LogP) is 5.51. The molecule has 6 heteroatoms. The van der Waals surface area contributed by atoms with Crippen LogP contribution in [0.3, 0.4) is 0 Å². The van der Waals surface area contributed by atoms with Crippen LogP contribution in [0.5, 0.6) is 0 Å². The summed E-state index contributed by atoms with van der Waals surface area (Å²) in [4.78, 5) is 4.39. The number of benzene rings is 2. The minimum absolute atomic E-state index is 0.336. The van der Waals surface area contributed by atoms with Gasteiger partial charge in [0.25, 0.3) is 0 Å². The minimum atomic E-state index is -0.336. The zero-order valence-electron chi connectivity index (χ0n) is 11.4. The van der Waals surface area contributed by atoms with E-state index in [9.17, 15) is 0 Å². The van der Waals surface area contributed by atoms with Crippen molar-refractivity contribution in [3.8, 4) is 0 Å². The molecule has 1 unspecified atom stereocenters. The molecule has 1 atom stereocenters. The van der Waals surface area contributed by atoms with E-state index in [1.165, 1.54) is 11.3 Å². The van der Waals surface area contributed by atoms with E-state index in [0.29, 0.717) is 5.13 Å². The Labute approximate surface area is 126 Å². The first kappa shape index (κ1) is 13.5. The third-order valence-corrected chi connectivity index (χ3v) is 3.61. The van der Waals surface area contributed by atoms with Crippen molar-refractivity contribution in [1.82, 2.24) is 4.98 Å². The van der Waals surface area contributed by atoms with Crippen LogP contribution in [-0.2, 0) is 0 Å². The molecule has 0 aliphatic rings. The van der Waals surface area contributed by atoms with Crippen LogP contribution in [0.2, 0.25) is 0 Å². The molecule has 0 fully saturated rings. The highest BCUT2D eigenvalue weighted by Gasteiger charge is 2.02. The van der Waals surface area contributed by atoms with Crippen molar-refractivity contribution >= 4 is 32.4 Å². The van der Waals surface area contributed by atoms with E-state index in [1.54, 1.807) is 0 Å². The number of aromatic nitrogens is 1. The Kier molecular flexibility index (Phi) is 4.07. The average Bonchev–Trinajstić information content (AvgIpc) is 2.95. The molecule has 104 valence electrons. The summed E-state index contributed by atoms with van der Waals surface area (Å²) >= 11 is 1.51. The van der Waals surface area contributed by atoms with E-state index in [1.807, 2.05) is 61.5 Å². The zero-order chi connectivity index (χ0) is 14.5. The molecule has 0 saturated carbocycles.